The highest BCUT2D eigenvalue weighted by Gasteiger charge is 2.20. The maximum absolute atomic E-state index is 12.4. The van der Waals surface area contributed by atoms with E-state index in [1.165, 1.54) is 167 Å². The number of hydrogen-bond acceptors (Lipinski definition) is 4. The van der Waals surface area contributed by atoms with Gasteiger partial charge in [-0.25, -0.2) is 0 Å². The standard InChI is InChI=1S/C41H81NO4/c1-3-5-7-9-11-13-15-17-19-20-21-23-25-27-29-31-33-35-40(45)39(37-43)42-41(46)36-38(44)34-32-30-28-26-24-22-18-16-14-12-10-8-6-4-2/h33,35,38-40,43-45H,3-32,34,36-37H2,1-2H3,(H,42,46)/b35-33+. The first kappa shape index (κ1) is 45.1. The second kappa shape index (κ2) is 36.9. The normalized spacial score (nSPS) is 13.8. The average molecular weight is 652 g/mol. The molecule has 0 aromatic heterocycles. The lowest BCUT2D eigenvalue weighted by Gasteiger charge is -2.21. The van der Waals surface area contributed by atoms with Gasteiger partial charge in [-0.1, -0.05) is 206 Å². The van der Waals surface area contributed by atoms with Gasteiger partial charge in [-0.05, 0) is 19.3 Å². The molecule has 3 atom stereocenters. The van der Waals surface area contributed by atoms with Gasteiger partial charge in [0.15, 0.2) is 0 Å². The fourth-order valence-electron chi connectivity index (χ4n) is 6.40. The molecule has 0 aliphatic rings. The van der Waals surface area contributed by atoms with Gasteiger partial charge in [0.25, 0.3) is 0 Å². The van der Waals surface area contributed by atoms with E-state index in [0.717, 1.165) is 25.7 Å². The summed E-state index contributed by atoms with van der Waals surface area (Å²) in [6.07, 6.45) is 42.0. The molecule has 0 fully saturated rings. The van der Waals surface area contributed by atoms with Crippen LogP contribution in [0.25, 0.3) is 0 Å². The van der Waals surface area contributed by atoms with E-state index in [4.69, 9.17) is 0 Å². The van der Waals surface area contributed by atoms with E-state index in [0.29, 0.717) is 6.42 Å². The maximum Gasteiger partial charge on any atom is 0.222 e. The predicted molar refractivity (Wildman–Crippen MR) is 199 cm³/mol. The van der Waals surface area contributed by atoms with Gasteiger partial charge in [0.2, 0.25) is 5.91 Å². The lowest BCUT2D eigenvalue weighted by atomic mass is 10.0. The molecule has 0 spiro atoms. The molecule has 0 heterocycles. The van der Waals surface area contributed by atoms with Gasteiger partial charge in [0, 0.05) is 0 Å². The van der Waals surface area contributed by atoms with Crippen molar-refractivity contribution in [3.63, 3.8) is 0 Å². The van der Waals surface area contributed by atoms with Gasteiger partial charge in [-0.2, -0.15) is 0 Å². The van der Waals surface area contributed by atoms with E-state index in [9.17, 15) is 20.1 Å². The van der Waals surface area contributed by atoms with Crippen LogP contribution in [0.5, 0.6) is 0 Å². The summed E-state index contributed by atoms with van der Waals surface area (Å²) in [5.74, 6) is -0.313. The number of amides is 1. The number of carbonyl (C=O) groups excluding carboxylic acids is 1. The van der Waals surface area contributed by atoms with Gasteiger partial charge in [-0.3, -0.25) is 4.79 Å². The fourth-order valence-corrected chi connectivity index (χ4v) is 6.40. The highest BCUT2D eigenvalue weighted by molar-refractivity contribution is 5.76. The first-order valence-electron chi connectivity index (χ1n) is 20.5. The molecule has 5 nitrogen and oxygen atoms in total. The Kier molecular flexibility index (Phi) is 36.2. The Morgan fingerprint density at radius 3 is 1.26 bits per heavy atom. The van der Waals surface area contributed by atoms with Gasteiger partial charge in [0.1, 0.15) is 0 Å². The molecule has 1 amide bonds. The fraction of sp³-hybridized carbons (Fsp3) is 0.927. The number of nitrogens with one attached hydrogen (secondary N) is 1. The van der Waals surface area contributed by atoms with Crippen molar-refractivity contribution in [2.75, 3.05) is 6.61 Å². The molecule has 0 aromatic carbocycles. The molecular formula is C41H81NO4. The third-order valence-corrected chi connectivity index (χ3v) is 9.57. The number of hydrogen-bond donors (Lipinski definition) is 4. The summed E-state index contributed by atoms with van der Waals surface area (Å²) in [6.45, 7) is 4.22. The monoisotopic (exact) mass is 652 g/mol. The first-order valence-corrected chi connectivity index (χ1v) is 20.5. The van der Waals surface area contributed by atoms with E-state index in [2.05, 4.69) is 19.2 Å². The van der Waals surface area contributed by atoms with Crippen LogP contribution in [0.3, 0.4) is 0 Å². The topological polar surface area (TPSA) is 89.8 Å². The maximum atomic E-state index is 12.4. The second-order valence-electron chi connectivity index (χ2n) is 14.3. The molecule has 0 saturated heterocycles. The summed E-state index contributed by atoms with van der Waals surface area (Å²) < 4.78 is 0. The van der Waals surface area contributed by atoms with Crippen molar-refractivity contribution in [2.24, 2.45) is 0 Å². The number of unbranched alkanes of at least 4 members (excludes halogenated alkanes) is 28. The Morgan fingerprint density at radius 2 is 0.891 bits per heavy atom. The van der Waals surface area contributed by atoms with Crippen molar-refractivity contribution in [1.29, 1.82) is 0 Å². The largest absolute Gasteiger partial charge is 0.394 e. The van der Waals surface area contributed by atoms with Crippen LogP contribution in [0.1, 0.15) is 219 Å². The number of rotatable bonds is 37. The Morgan fingerprint density at radius 1 is 0.543 bits per heavy atom. The Labute approximate surface area is 287 Å². The number of allylic oxidation sites excluding steroid dienone is 1. The number of carbonyl (C=O) groups is 1. The predicted octanol–water partition coefficient (Wildman–Crippen LogP) is 11.3. The van der Waals surface area contributed by atoms with Crippen LogP contribution < -0.4 is 5.32 Å². The molecule has 0 rings (SSSR count). The number of aliphatic hydroxyl groups excluding tert-OH is 3. The second-order valence-corrected chi connectivity index (χ2v) is 14.3. The summed E-state index contributed by atoms with van der Waals surface area (Å²) >= 11 is 0. The number of aliphatic hydroxyl groups is 3. The van der Waals surface area contributed by atoms with Gasteiger partial charge < -0.3 is 20.6 Å². The van der Waals surface area contributed by atoms with Crippen molar-refractivity contribution in [1.82, 2.24) is 5.32 Å². The zero-order valence-electron chi connectivity index (χ0n) is 31.0. The quantitative estimate of drug-likeness (QED) is 0.0397. The van der Waals surface area contributed by atoms with Crippen LogP contribution in [0.2, 0.25) is 0 Å². The van der Waals surface area contributed by atoms with E-state index in [1.54, 1.807) is 6.08 Å². The zero-order valence-corrected chi connectivity index (χ0v) is 31.0. The van der Waals surface area contributed by atoms with E-state index < -0.39 is 18.2 Å². The Bertz CT molecular complexity index is 640. The minimum absolute atomic E-state index is 0.0184. The Balaban J connectivity index is 3.68. The van der Waals surface area contributed by atoms with Gasteiger partial charge in [0.05, 0.1) is 31.3 Å². The smallest absolute Gasteiger partial charge is 0.222 e. The third-order valence-electron chi connectivity index (χ3n) is 9.57. The van der Waals surface area contributed by atoms with Crippen molar-refractivity contribution in [3.8, 4) is 0 Å². The summed E-state index contributed by atoms with van der Waals surface area (Å²) in [7, 11) is 0. The average Bonchev–Trinajstić information content (AvgIpc) is 3.05. The van der Waals surface area contributed by atoms with Crippen LogP contribution >= 0.6 is 0 Å². The summed E-state index contributed by atoms with van der Waals surface area (Å²) in [6, 6.07) is -0.738. The molecule has 0 radical (unpaired) electrons. The lowest BCUT2D eigenvalue weighted by molar-refractivity contribution is -0.124. The molecule has 274 valence electrons. The minimum Gasteiger partial charge on any atom is -0.394 e. The minimum atomic E-state index is -0.923. The Hall–Kier alpha value is -0.910. The molecule has 4 N–H and O–H groups in total. The van der Waals surface area contributed by atoms with Crippen molar-refractivity contribution in [2.45, 2.75) is 238 Å². The van der Waals surface area contributed by atoms with Gasteiger partial charge in [-0.15, -0.1) is 0 Å². The summed E-state index contributed by atoms with van der Waals surface area (Å²) in [5, 5.41) is 33.1. The highest BCUT2D eigenvalue weighted by Crippen LogP contribution is 2.16. The van der Waals surface area contributed by atoms with Gasteiger partial charge >= 0.3 is 0 Å². The van der Waals surface area contributed by atoms with E-state index in [1.807, 2.05) is 6.08 Å². The van der Waals surface area contributed by atoms with E-state index in [-0.39, 0.29) is 18.9 Å². The molecule has 0 aliphatic heterocycles. The van der Waals surface area contributed by atoms with Crippen LogP contribution in [0.15, 0.2) is 12.2 Å². The molecule has 3 unspecified atom stereocenters. The first-order chi connectivity index (χ1) is 22.5. The molecule has 0 saturated carbocycles. The van der Waals surface area contributed by atoms with Crippen LogP contribution in [-0.4, -0.2) is 46.1 Å². The van der Waals surface area contributed by atoms with E-state index >= 15 is 0 Å². The van der Waals surface area contributed by atoms with Crippen molar-refractivity contribution >= 4 is 5.91 Å². The molecule has 0 aliphatic carbocycles. The third kappa shape index (κ3) is 33.0. The van der Waals surface area contributed by atoms with Crippen molar-refractivity contribution in [3.05, 3.63) is 12.2 Å². The summed E-state index contributed by atoms with van der Waals surface area (Å²) in [4.78, 5) is 12.4. The molecule has 0 aromatic rings. The highest BCUT2D eigenvalue weighted by atomic mass is 16.3. The van der Waals surface area contributed by atoms with Crippen molar-refractivity contribution < 1.29 is 20.1 Å². The lowest BCUT2D eigenvalue weighted by Crippen LogP contribution is -2.45. The molecule has 0 bridgehead atoms. The zero-order chi connectivity index (χ0) is 33.8. The molecule has 5 heteroatoms. The SMILES string of the molecule is CCCCCCCCCCCCCCCCC/C=C/C(O)C(CO)NC(=O)CC(O)CCCCCCCCCCCCCCCC. The van der Waals surface area contributed by atoms with Crippen LogP contribution in [-0.2, 0) is 4.79 Å². The molecule has 46 heavy (non-hydrogen) atoms. The van der Waals surface area contributed by atoms with Crippen LogP contribution in [0, 0.1) is 0 Å². The molecular weight excluding hydrogens is 570 g/mol. The summed E-state index contributed by atoms with van der Waals surface area (Å²) in [5.41, 5.74) is 0. The van der Waals surface area contributed by atoms with Crippen LogP contribution in [0.4, 0.5) is 0 Å².